The molecule has 2 aliphatic rings. The van der Waals surface area contributed by atoms with Gasteiger partial charge in [0.15, 0.2) is 11.7 Å². The molecule has 32 heavy (non-hydrogen) atoms. The van der Waals surface area contributed by atoms with Crippen LogP contribution in [-0.4, -0.2) is 53.5 Å². The molecule has 0 radical (unpaired) electrons. The fraction of sp³-hybridized carbons (Fsp3) is 0.360. The molecule has 1 saturated heterocycles. The van der Waals surface area contributed by atoms with Gasteiger partial charge in [-0.25, -0.2) is 9.37 Å². The third-order valence-electron chi connectivity index (χ3n) is 6.12. The van der Waals surface area contributed by atoms with E-state index in [1.54, 1.807) is 18.3 Å². The summed E-state index contributed by atoms with van der Waals surface area (Å²) in [7, 11) is 0. The fourth-order valence-electron chi connectivity index (χ4n) is 4.30. The molecule has 166 valence electrons. The number of hydrogen-bond donors (Lipinski definition) is 0. The van der Waals surface area contributed by atoms with Crippen LogP contribution >= 0.6 is 0 Å². The molecule has 6 nitrogen and oxygen atoms in total. The van der Waals surface area contributed by atoms with Crippen molar-refractivity contribution in [3.05, 3.63) is 71.5 Å². The van der Waals surface area contributed by atoms with Crippen molar-refractivity contribution in [1.29, 1.82) is 0 Å². The zero-order chi connectivity index (χ0) is 21.9. The van der Waals surface area contributed by atoms with E-state index >= 15 is 0 Å². The predicted octanol–water partition coefficient (Wildman–Crippen LogP) is 3.69. The van der Waals surface area contributed by atoms with Gasteiger partial charge in [0.25, 0.3) is 0 Å². The Labute approximate surface area is 186 Å². The number of carbonyl (C=O) groups is 1. The Morgan fingerprint density at radius 1 is 1.06 bits per heavy atom. The number of oxazole rings is 1. The maximum atomic E-state index is 13.1. The zero-order valence-electron chi connectivity index (χ0n) is 17.9. The van der Waals surface area contributed by atoms with Gasteiger partial charge in [-0.3, -0.25) is 9.69 Å². The zero-order valence-corrected chi connectivity index (χ0v) is 17.9. The van der Waals surface area contributed by atoms with Crippen LogP contribution in [0.4, 0.5) is 4.39 Å². The molecule has 0 saturated carbocycles. The fourth-order valence-corrected chi connectivity index (χ4v) is 4.30. The molecule has 3 heterocycles. The molecular formula is C25H26FN3O3. The van der Waals surface area contributed by atoms with E-state index in [1.807, 2.05) is 4.90 Å². The molecule has 0 atom stereocenters. The monoisotopic (exact) mass is 435 g/mol. The average Bonchev–Trinajstić information content (AvgIpc) is 3.48. The van der Waals surface area contributed by atoms with Crippen molar-refractivity contribution in [3.8, 4) is 17.1 Å². The number of benzene rings is 2. The quantitative estimate of drug-likeness (QED) is 0.591. The van der Waals surface area contributed by atoms with Gasteiger partial charge in [-0.1, -0.05) is 12.1 Å². The highest BCUT2D eigenvalue weighted by Gasteiger charge is 2.22. The second-order valence-corrected chi connectivity index (χ2v) is 8.32. The number of aromatic nitrogens is 1. The Kier molecular flexibility index (Phi) is 5.90. The van der Waals surface area contributed by atoms with Crippen LogP contribution in [0.5, 0.6) is 5.75 Å². The van der Waals surface area contributed by atoms with Crippen LogP contribution < -0.4 is 4.74 Å². The molecule has 7 heteroatoms. The lowest BCUT2D eigenvalue weighted by Crippen LogP contribution is -2.48. The predicted molar refractivity (Wildman–Crippen MR) is 118 cm³/mol. The van der Waals surface area contributed by atoms with Crippen LogP contribution in [0.1, 0.15) is 23.4 Å². The number of amides is 1. The smallest absolute Gasteiger partial charge is 0.223 e. The SMILES string of the molecule is O=C(CCc1ncc(-c2ccc(F)cc2)o1)N1CCN(Cc2ccc3c(c2)CCO3)CC1. The van der Waals surface area contributed by atoms with E-state index in [9.17, 15) is 9.18 Å². The Morgan fingerprint density at radius 2 is 1.88 bits per heavy atom. The second-order valence-electron chi connectivity index (χ2n) is 8.32. The Hall–Kier alpha value is -3.19. The van der Waals surface area contributed by atoms with E-state index in [-0.39, 0.29) is 11.7 Å². The summed E-state index contributed by atoms with van der Waals surface area (Å²) >= 11 is 0. The molecule has 1 amide bonds. The number of ether oxygens (including phenoxy) is 1. The molecular weight excluding hydrogens is 409 g/mol. The first-order valence-electron chi connectivity index (χ1n) is 11.1. The van der Waals surface area contributed by atoms with Gasteiger partial charge in [-0.2, -0.15) is 0 Å². The molecule has 0 unspecified atom stereocenters. The third-order valence-corrected chi connectivity index (χ3v) is 6.12. The van der Waals surface area contributed by atoms with Crippen molar-refractivity contribution < 1.29 is 18.3 Å². The van der Waals surface area contributed by atoms with Crippen LogP contribution in [0.15, 0.2) is 53.1 Å². The van der Waals surface area contributed by atoms with Crippen molar-refractivity contribution in [2.24, 2.45) is 0 Å². The molecule has 0 spiro atoms. The van der Waals surface area contributed by atoms with E-state index in [1.165, 1.54) is 23.3 Å². The summed E-state index contributed by atoms with van der Waals surface area (Å²) in [6.45, 7) is 4.89. The molecule has 0 bridgehead atoms. The second kappa shape index (κ2) is 9.12. The molecule has 3 aromatic rings. The lowest BCUT2D eigenvalue weighted by molar-refractivity contribution is -0.133. The summed E-state index contributed by atoms with van der Waals surface area (Å²) in [5.41, 5.74) is 3.36. The van der Waals surface area contributed by atoms with Crippen molar-refractivity contribution in [2.45, 2.75) is 25.8 Å². The molecule has 1 fully saturated rings. The van der Waals surface area contributed by atoms with Crippen molar-refractivity contribution in [3.63, 3.8) is 0 Å². The normalized spacial score (nSPS) is 16.1. The number of carbonyl (C=O) groups excluding carboxylic acids is 1. The van der Waals surface area contributed by atoms with Crippen LogP contribution in [0, 0.1) is 5.82 Å². The topological polar surface area (TPSA) is 58.8 Å². The van der Waals surface area contributed by atoms with E-state index in [0.29, 0.717) is 24.5 Å². The molecule has 2 aromatic carbocycles. The van der Waals surface area contributed by atoms with Crippen LogP contribution in [0.2, 0.25) is 0 Å². The van der Waals surface area contributed by atoms with Crippen LogP contribution in [-0.2, 0) is 24.2 Å². The van der Waals surface area contributed by atoms with Gasteiger partial charge in [0.05, 0.1) is 12.8 Å². The van der Waals surface area contributed by atoms with Gasteiger partial charge in [0.1, 0.15) is 11.6 Å². The highest BCUT2D eigenvalue weighted by atomic mass is 19.1. The lowest BCUT2D eigenvalue weighted by Gasteiger charge is -2.34. The van der Waals surface area contributed by atoms with Crippen LogP contribution in [0.3, 0.4) is 0 Å². The summed E-state index contributed by atoms with van der Waals surface area (Å²) in [4.78, 5) is 21.2. The van der Waals surface area contributed by atoms with Crippen molar-refractivity contribution >= 4 is 5.91 Å². The molecule has 1 aromatic heterocycles. The van der Waals surface area contributed by atoms with Gasteiger partial charge in [0.2, 0.25) is 5.91 Å². The van der Waals surface area contributed by atoms with Gasteiger partial charge in [-0.15, -0.1) is 0 Å². The number of piperazine rings is 1. The first-order chi connectivity index (χ1) is 15.6. The minimum Gasteiger partial charge on any atom is -0.493 e. The van der Waals surface area contributed by atoms with Gasteiger partial charge >= 0.3 is 0 Å². The summed E-state index contributed by atoms with van der Waals surface area (Å²) in [6.07, 6.45) is 3.43. The highest BCUT2D eigenvalue weighted by Crippen LogP contribution is 2.26. The first-order valence-corrected chi connectivity index (χ1v) is 11.1. The summed E-state index contributed by atoms with van der Waals surface area (Å²) in [5.74, 6) is 1.96. The van der Waals surface area contributed by atoms with Crippen molar-refractivity contribution in [2.75, 3.05) is 32.8 Å². The molecule has 2 aliphatic heterocycles. The molecule has 0 aliphatic carbocycles. The lowest BCUT2D eigenvalue weighted by atomic mass is 10.1. The number of nitrogens with zero attached hydrogens (tertiary/aromatic N) is 3. The standard InChI is InChI=1S/C25H26FN3O3/c26-21-4-2-19(3-5-21)23-16-27-24(32-23)7-8-25(30)29-12-10-28(11-13-29)17-18-1-6-22-20(15-18)9-14-31-22/h1-6,15-16H,7-14,17H2. The minimum absolute atomic E-state index is 0.126. The van der Waals surface area contributed by atoms with E-state index in [4.69, 9.17) is 9.15 Å². The number of hydrogen-bond acceptors (Lipinski definition) is 5. The number of halogens is 1. The van der Waals surface area contributed by atoms with Crippen molar-refractivity contribution in [1.82, 2.24) is 14.8 Å². The van der Waals surface area contributed by atoms with E-state index in [0.717, 1.165) is 57.1 Å². The number of rotatable bonds is 6. The minimum atomic E-state index is -0.291. The maximum absolute atomic E-state index is 13.1. The van der Waals surface area contributed by atoms with E-state index < -0.39 is 0 Å². The summed E-state index contributed by atoms with van der Waals surface area (Å²) in [5, 5.41) is 0. The van der Waals surface area contributed by atoms with Gasteiger partial charge in [0, 0.05) is 57.5 Å². The Morgan fingerprint density at radius 3 is 2.69 bits per heavy atom. The third kappa shape index (κ3) is 4.67. The average molecular weight is 435 g/mol. The first kappa shape index (κ1) is 20.7. The Bertz CT molecular complexity index is 1090. The number of fused-ring (bicyclic) bond motifs is 1. The highest BCUT2D eigenvalue weighted by molar-refractivity contribution is 5.76. The van der Waals surface area contributed by atoms with E-state index in [2.05, 4.69) is 28.1 Å². The molecule has 0 N–H and O–H groups in total. The summed E-state index contributed by atoms with van der Waals surface area (Å²) in [6, 6.07) is 12.5. The van der Waals surface area contributed by atoms with Gasteiger partial charge in [-0.05, 0) is 41.5 Å². The maximum Gasteiger partial charge on any atom is 0.223 e. The Balaban J connectivity index is 1.08. The van der Waals surface area contributed by atoms with Crippen LogP contribution in [0.25, 0.3) is 11.3 Å². The molecule has 5 rings (SSSR count). The number of aryl methyl sites for hydroxylation is 1. The van der Waals surface area contributed by atoms with Gasteiger partial charge < -0.3 is 14.1 Å². The summed E-state index contributed by atoms with van der Waals surface area (Å²) < 4.78 is 24.4. The largest absolute Gasteiger partial charge is 0.493 e.